The van der Waals surface area contributed by atoms with E-state index in [4.69, 9.17) is 4.42 Å². The molecule has 0 aliphatic heterocycles. The van der Waals surface area contributed by atoms with Crippen LogP contribution >= 0.6 is 22.6 Å². The van der Waals surface area contributed by atoms with Crippen LogP contribution in [-0.4, -0.2) is 0 Å². The first-order chi connectivity index (χ1) is 6.61. The van der Waals surface area contributed by atoms with E-state index < -0.39 is 0 Å². The van der Waals surface area contributed by atoms with Crippen LogP contribution in [0, 0.1) is 17.4 Å². The highest BCUT2D eigenvalue weighted by molar-refractivity contribution is 14.1. The molecule has 0 atom stereocenters. The maximum Gasteiger partial charge on any atom is 0.206 e. The molecule has 0 fully saturated rings. The average molecular weight is 300 g/mol. The fourth-order valence-electron chi connectivity index (χ4n) is 1.41. The first-order valence-corrected chi connectivity index (χ1v) is 5.36. The van der Waals surface area contributed by atoms with Gasteiger partial charge >= 0.3 is 0 Å². The second-order valence-electron chi connectivity index (χ2n) is 3.30. The Hall–Kier alpha value is -0.840. The van der Waals surface area contributed by atoms with Crippen molar-refractivity contribution in [3.63, 3.8) is 0 Å². The smallest absolute Gasteiger partial charge is 0.206 e. The summed E-state index contributed by atoms with van der Waals surface area (Å²) in [5.74, 6) is 0. The molecule has 2 rings (SSSR count). The second-order valence-corrected chi connectivity index (χ2v) is 4.46. The molecule has 72 valence electrons. The zero-order chi connectivity index (χ0) is 10.3. The van der Waals surface area contributed by atoms with Crippen LogP contribution in [0.5, 0.6) is 0 Å². The van der Waals surface area contributed by atoms with Gasteiger partial charge in [-0.05, 0) is 53.6 Å². The predicted octanol–water partition coefficient (Wildman–Crippen LogP) is 3.01. The molecule has 0 amide bonds. The summed E-state index contributed by atoms with van der Waals surface area (Å²) in [5, 5.41) is 0.667. The highest BCUT2D eigenvalue weighted by Gasteiger charge is 2.07. The molecule has 1 aromatic heterocycles. The minimum atomic E-state index is 0.0509. The lowest BCUT2D eigenvalue weighted by atomic mass is 10.1. The fraction of sp³-hybridized carbons (Fsp3) is 0.182. The standard InChI is InChI=1S/C11H9IO2/c1-6-3-4-8-10(13)9(12)5-14-11(8)7(6)2/h3-5H,1-2H3. The van der Waals surface area contributed by atoms with Gasteiger partial charge in [0.05, 0.1) is 8.96 Å². The highest BCUT2D eigenvalue weighted by Crippen LogP contribution is 2.19. The molecule has 1 aromatic carbocycles. The van der Waals surface area contributed by atoms with Gasteiger partial charge in [0.2, 0.25) is 5.43 Å². The monoisotopic (exact) mass is 300 g/mol. The lowest BCUT2D eigenvalue weighted by Crippen LogP contribution is -2.05. The molecule has 0 saturated heterocycles. The third-order valence-corrected chi connectivity index (χ3v) is 3.16. The summed E-state index contributed by atoms with van der Waals surface area (Å²) in [7, 11) is 0. The lowest BCUT2D eigenvalue weighted by molar-refractivity contribution is 0.595. The van der Waals surface area contributed by atoms with Gasteiger partial charge in [-0.15, -0.1) is 0 Å². The van der Waals surface area contributed by atoms with E-state index in [0.717, 1.165) is 11.1 Å². The van der Waals surface area contributed by atoms with E-state index in [1.54, 1.807) is 0 Å². The van der Waals surface area contributed by atoms with E-state index in [1.165, 1.54) is 6.26 Å². The molecule has 0 spiro atoms. The molecule has 0 radical (unpaired) electrons. The molecular weight excluding hydrogens is 291 g/mol. The summed E-state index contributed by atoms with van der Waals surface area (Å²) >= 11 is 1.99. The number of benzene rings is 1. The Kier molecular flexibility index (Phi) is 2.34. The van der Waals surface area contributed by atoms with Crippen LogP contribution < -0.4 is 5.43 Å². The maximum absolute atomic E-state index is 11.7. The van der Waals surface area contributed by atoms with Crippen molar-refractivity contribution in [2.24, 2.45) is 0 Å². The van der Waals surface area contributed by atoms with Crippen molar-refractivity contribution >= 4 is 33.6 Å². The Bertz CT molecular complexity index is 555. The zero-order valence-corrected chi connectivity index (χ0v) is 10.1. The molecule has 2 aromatic rings. The van der Waals surface area contributed by atoms with Crippen molar-refractivity contribution in [3.05, 3.63) is 43.3 Å². The third-order valence-electron chi connectivity index (χ3n) is 2.42. The summed E-state index contributed by atoms with van der Waals surface area (Å²) in [4.78, 5) is 11.7. The van der Waals surface area contributed by atoms with Gasteiger partial charge in [0.15, 0.2) is 0 Å². The van der Waals surface area contributed by atoms with E-state index in [9.17, 15) is 4.79 Å². The van der Waals surface area contributed by atoms with Crippen LogP contribution in [-0.2, 0) is 0 Å². The Balaban J connectivity index is 3.02. The number of hydrogen-bond donors (Lipinski definition) is 0. The predicted molar refractivity (Wildman–Crippen MR) is 64.7 cm³/mol. The summed E-state index contributed by atoms with van der Waals surface area (Å²) < 4.78 is 6.05. The minimum absolute atomic E-state index is 0.0509. The largest absolute Gasteiger partial charge is 0.463 e. The molecule has 14 heavy (non-hydrogen) atoms. The van der Waals surface area contributed by atoms with E-state index in [-0.39, 0.29) is 5.43 Å². The van der Waals surface area contributed by atoms with Crippen molar-refractivity contribution in [3.8, 4) is 0 Å². The topological polar surface area (TPSA) is 30.2 Å². The molecule has 0 aliphatic carbocycles. The Morgan fingerprint density at radius 1 is 1.29 bits per heavy atom. The molecule has 0 unspecified atom stereocenters. The van der Waals surface area contributed by atoms with Crippen LogP contribution in [0.1, 0.15) is 11.1 Å². The number of hydrogen-bond acceptors (Lipinski definition) is 2. The summed E-state index contributed by atoms with van der Waals surface area (Å²) in [6.45, 7) is 3.97. The molecule has 1 heterocycles. The van der Waals surface area contributed by atoms with E-state index in [1.807, 2.05) is 48.6 Å². The van der Waals surface area contributed by atoms with E-state index in [2.05, 4.69) is 0 Å². The van der Waals surface area contributed by atoms with Gasteiger partial charge in [-0.2, -0.15) is 0 Å². The summed E-state index contributed by atoms with van der Waals surface area (Å²) in [5.41, 5.74) is 2.93. The number of halogens is 1. The Morgan fingerprint density at radius 2 is 2.00 bits per heavy atom. The summed E-state index contributed by atoms with van der Waals surface area (Å²) in [6.07, 6.45) is 1.51. The second kappa shape index (κ2) is 3.38. The Morgan fingerprint density at radius 3 is 2.71 bits per heavy atom. The van der Waals surface area contributed by atoms with Gasteiger partial charge in [-0.1, -0.05) is 6.07 Å². The lowest BCUT2D eigenvalue weighted by Gasteiger charge is -2.03. The molecule has 0 saturated carbocycles. The molecule has 0 bridgehead atoms. The Labute approximate surface area is 95.1 Å². The van der Waals surface area contributed by atoms with E-state index >= 15 is 0 Å². The van der Waals surface area contributed by atoms with E-state index in [0.29, 0.717) is 14.5 Å². The van der Waals surface area contributed by atoms with Gasteiger partial charge in [0, 0.05) is 0 Å². The van der Waals surface area contributed by atoms with Crippen molar-refractivity contribution < 1.29 is 4.42 Å². The van der Waals surface area contributed by atoms with Gasteiger partial charge in [0.1, 0.15) is 11.8 Å². The van der Waals surface area contributed by atoms with Crippen LogP contribution in [0.3, 0.4) is 0 Å². The molecule has 2 nitrogen and oxygen atoms in total. The third kappa shape index (κ3) is 1.35. The van der Waals surface area contributed by atoms with Crippen molar-refractivity contribution in [1.82, 2.24) is 0 Å². The van der Waals surface area contributed by atoms with Crippen molar-refractivity contribution in [1.29, 1.82) is 0 Å². The SMILES string of the molecule is Cc1ccc2c(=O)c(I)coc2c1C. The minimum Gasteiger partial charge on any atom is -0.463 e. The van der Waals surface area contributed by atoms with Crippen LogP contribution in [0.15, 0.2) is 27.6 Å². The maximum atomic E-state index is 11.7. The van der Waals surface area contributed by atoms with Crippen LogP contribution in [0.4, 0.5) is 0 Å². The van der Waals surface area contributed by atoms with Gasteiger partial charge in [-0.3, -0.25) is 4.79 Å². The van der Waals surface area contributed by atoms with Crippen molar-refractivity contribution in [2.75, 3.05) is 0 Å². The number of fused-ring (bicyclic) bond motifs is 1. The number of rotatable bonds is 0. The zero-order valence-electron chi connectivity index (χ0n) is 7.93. The van der Waals surface area contributed by atoms with Gasteiger partial charge < -0.3 is 4.42 Å². The normalized spacial score (nSPS) is 10.8. The van der Waals surface area contributed by atoms with Crippen LogP contribution in [0.2, 0.25) is 0 Å². The highest BCUT2D eigenvalue weighted by atomic mass is 127. The fourth-order valence-corrected chi connectivity index (χ4v) is 1.83. The van der Waals surface area contributed by atoms with Crippen LogP contribution in [0.25, 0.3) is 11.0 Å². The first-order valence-electron chi connectivity index (χ1n) is 4.28. The molecule has 0 N–H and O–H groups in total. The molecular formula is C11H9IO2. The molecule has 0 aliphatic rings. The van der Waals surface area contributed by atoms with Gasteiger partial charge in [0.25, 0.3) is 0 Å². The summed E-state index contributed by atoms with van der Waals surface area (Å²) in [6, 6.07) is 3.77. The van der Waals surface area contributed by atoms with Gasteiger partial charge in [-0.25, -0.2) is 0 Å². The average Bonchev–Trinajstić information content (AvgIpc) is 2.17. The number of aryl methyl sites for hydroxylation is 2. The molecule has 3 heteroatoms. The quantitative estimate of drug-likeness (QED) is 0.700. The first kappa shape index (κ1) is 9.71. The van der Waals surface area contributed by atoms with Crippen molar-refractivity contribution in [2.45, 2.75) is 13.8 Å².